The fourth-order valence-electron chi connectivity index (χ4n) is 3.30. The van der Waals surface area contributed by atoms with Crippen molar-refractivity contribution in [3.05, 3.63) is 29.6 Å². The first-order chi connectivity index (χ1) is 11.4. The van der Waals surface area contributed by atoms with E-state index >= 15 is 0 Å². The minimum atomic E-state index is -1.43. The lowest BCUT2D eigenvalue weighted by atomic mass is 9.74. The van der Waals surface area contributed by atoms with Crippen molar-refractivity contribution in [2.75, 3.05) is 20.2 Å². The molecule has 1 aromatic carbocycles. The van der Waals surface area contributed by atoms with Crippen LogP contribution >= 0.6 is 0 Å². The van der Waals surface area contributed by atoms with Gasteiger partial charge in [0.05, 0.1) is 13.2 Å². The highest BCUT2D eigenvalue weighted by atomic mass is 19.1. The van der Waals surface area contributed by atoms with Crippen molar-refractivity contribution < 1.29 is 28.9 Å². The highest BCUT2D eigenvalue weighted by Crippen LogP contribution is 2.37. The van der Waals surface area contributed by atoms with Gasteiger partial charge in [0.2, 0.25) is 0 Å². The number of carbonyl (C=O) groups is 2. The lowest BCUT2D eigenvalue weighted by molar-refractivity contribution is -0.162. The van der Waals surface area contributed by atoms with Crippen molar-refractivity contribution in [1.29, 1.82) is 0 Å². The summed E-state index contributed by atoms with van der Waals surface area (Å²) in [7, 11) is 1.34. The van der Waals surface area contributed by atoms with Crippen LogP contribution in [0.1, 0.15) is 36.5 Å². The molecule has 132 valence electrons. The Morgan fingerprint density at radius 3 is 2.75 bits per heavy atom. The minimum Gasteiger partial charge on any atom is -0.496 e. The van der Waals surface area contributed by atoms with Gasteiger partial charge in [-0.3, -0.25) is 9.59 Å². The van der Waals surface area contributed by atoms with Gasteiger partial charge in [0.15, 0.2) is 0 Å². The highest BCUT2D eigenvalue weighted by Gasteiger charge is 2.49. The van der Waals surface area contributed by atoms with E-state index in [1.54, 1.807) is 0 Å². The summed E-state index contributed by atoms with van der Waals surface area (Å²) >= 11 is 0. The van der Waals surface area contributed by atoms with Crippen molar-refractivity contribution in [2.45, 2.75) is 32.3 Å². The number of aliphatic hydroxyl groups excluding tert-OH is 1. The molecular weight excluding hydrogens is 317 g/mol. The van der Waals surface area contributed by atoms with Crippen LogP contribution in [0, 0.1) is 11.2 Å². The van der Waals surface area contributed by atoms with Crippen LogP contribution < -0.4 is 4.74 Å². The van der Waals surface area contributed by atoms with E-state index in [0.29, 0.717) is 6.42 Å². The molecule has 1 aliphatic heterocycles. The first-order valence-electron chi connectivity index (χ1n) is 7.90. The van der Waals surface area contributed by atoms with Gasteiger partial charge in [0.1, 0.15) is 22.5 Å². The van der Waals surface area contributed by atoms with Gasteiger partial charge in [-0.05, 0) is 25.0 Å². The van der Waals surface area contributed by atoms with Gasteiger partial charge in [0, 0.05) is 13.1 Å². The SMILES string of the molecule is CCC[C@@]1(C(=O)O)CN(C(=O)c2c(F)cccc2OC)CC[C@@H]1O. The summed E-state index contributed by atoms with van der Waals surface area (Å²) < 4.78 is 19.2. The lowest BCUT2D eigenvalue weighted by Gasteiger charge is -2.43. The largest absolute Gasteiger partial charge is 0.496 e. The first kappa shape index (κ1) is 18.2. The topological polar surface area (TPSA) is 87.1 Å². The van der Waals surface area contributed by atoms with Crippen LogP contribution in [0.5, 0.6) is 5.75 Å². The molecule has 6 nitrogen and oxygen atoms in total. The van der Waals surface area contributed by atoms with Crippen LogP contribution in [0.2, 0.25) is 0 Å². The summed E-state index contributed by atoms with van der Waals surface area (Å²) in [6, 6.07) is 4.07. The number of halogens is 1. The maximum atomic E-state index is 14.1. The quantitative estimate of drug-likeness (QED) is 0.856. The van der Waals surface area contributed by atoms with Crippen LogP contribution in [0.25, 0.3) is 0 Å². The van der Waals surface area contributed by atoms with Crippen molar-refractivity contribution in [3.63, 3.8) is 0 Å². The van der Waals surface area contributed by atoms with Crippen LogP contribution in [0.3, 0.4) is 0 Å². The molecule has 1 aliphatic rings. The third-order valence-corrected chi connectivity index (χ3v) is 4.60. The number of carboxylic acid groups (broad SMARTS) is 1. The fraction of sp³-hybridized carbons (Fsp3) is 0.529. The van der Waals surface area contributed by atoms with Crippen LogP contribution in [0.15, 0.2) is 18.2 Å². The number of carboxylic acids is 1. The number of ether oxygens (including phenoxy) is 1. The number of likely N-dealkylation sites (tertiary alicyclic amines) is 1. The summed E-state index contributed by atoms with van der Waals surface area (Å²) in [5.74, 6) is -2.39. The molecule has 1 heterocycles. The van der Waals surface area contributed by atoms with Crippen LogP contribution in [0.4, 0.5) is 4.39 Å². The summed E-state index contributed by atoms with van der Waals surface area (Å²) in [4.78, 5) is 25.8. The smallest absolute Gasteiger partial charge is 0.314 e. The van der Waals surface area contributed by atoms with Crippen molar-refractivity contribution in [3.8, 4) is 5.75 Å². The average Bonchev–Trinajstić information content (AvgIpc) is 2.56. The standard InChI is InChI=1S/C17H22FNO5/c1-3-8-17(16(22)23)10-19(9-7-13(17)20)15(21)14-11(18)5-4-6-12(14)24-2/h4-6,13,20H,3,7-10H2,1-2H3,(H,22,23)/t13-,17+/m0/s1. The van der Waals surface area contributed by atoms with E-state index in [1.807, 2.05) is 6.92 Å². The zero-order valence-electron chi connectivity index (χ0n) is 13.8. The second-order valence-corrected chi connectivity index (χ2v) is 6.06. The predicted molar refractivity (Wildman–Crippen MR) is 84.5 cm³/mol. The second kappa shape index (κ2) is 7.17. The number of nitrogens with zero attached hydrogens (tertiary/aromatic N) is 1. The van der Waals surface area contributed by atoms with E-state index in [4.69, 9.17) is 4.74 Å². The minimum absolute atomic E-state index is 0.0996. The van der Waals surface area contributed by atoms with Gasteiger partial charge < -0.3 is 19.8 Å². The molecule has 7 heteroatoms. The summed E-state index contributed by atoms with van der Waals surface area (Å²) in [6.45, 7) is 1.82. The van der Waals surface area contributed by atoms with E-state index in [0.717, 1.165) is 6.07 Å². The Morgan fingerprint density at radius 2 is 2.17 bits per heavy atom. The van der Waals surface area contributed by atoms with Gasteiger partial charge in [0.25, 0.3) is 5.91 Å². The van der Waals surface area contributed by atoms with E-state index < -0.39 is 29.2 Å². The maximum Gasteiger partial charge on any atom is 0.314 e. The molecule has 1 aromatic rings. The monoisotopic (exact) mass is 339 g/mol. The Hall–Kier alpha value is -2.15. The van der Waals surface area contributed by atoms with Crippen LogP contribution in [-0.4, -0.2) is 53.3 Å². The summed E-state index contributed by atoms with van der Waals surface area (Å²) in [6.07, 6.45) is -0.119. The molecule has 1 amide bonds. The second-order valence-electron chi connectivity index (χ2n) is 6.06. The molecule has 0 aromatic heterocycles. The fourth-order valence-corrected chi connectivity index (χ4v) is 3.30. The number of aliphatic carboxylic acids is 1. The molecule has 2 rings (SSSR count). The number of methoxy groups -OCH3 is 1. The van der Waals surface area contributed by atoms with E-state index in [2.05, 4.69) is 0 Å². The van der Waals surface area contributed by atoms with Gasteiger partial charge in [-0.25, -0.2) is 4.39 Å². The molecule has 2 N–H and O–H groups in total. The molecular formula is C17H22FNO5. The molecule has 0 spiro atoms. The molecule has 1 saturated heterocycles. The van der Waals surface area contributed by atoms with Gasteiger partial charge >= 0.3 is 5.97 Å². The van der Waals surface area contributed by atoms with E-state index in [9.17, 15) is 24.2 Å². The number of amides is 1. The number of hydrogen-bond donors (Lipinski definition) is 2. The number of rotatable bonds is 5. The normalized spacial score (nSPS) is 23.8. The number of aliphatic hydroxyl groups is 1. The van der Waals surface area contributed by atoms with Crippen LogP contribution in [-0.2, 0) is 4.79 Å². The maximum absolute atomic E-state index is 14.1. The first-order valence-corrected chi connectivity index (χ1v) is 7.90. The number of benzene rings is 1. The zero-order chi connectivity index (χ0) is 17.9. The molecule has 2 atom stereocenters. The molecule has 0 saturated carbocycles. The number of carbonyl (C=O) groups excluding carboxylic acids is 1. The summed E-state index contributed by atoms with van der Waals surface area (Å²) in [5, 5.41) is 19.8. The van der Waals surface area contributed by atoms with Gasteiger partial charge in [-0.1, -0.05) is 19.4 Å². The van der Waals surface area contributed by atoms with Crippen molar-refractivity contribution in [1.82, 2.24) is 4.90 Å². The van der Waals surface area contributed by atoms with Gasteiger partial charge in [-0.15, -0.1) is 0 Å². The van der Waals surface area contributed by atoms with E-state index in [-0.39, 0.29) is 37.2 Å². The van der Waals surface area contributed by atoms with Crippen molar-refractivity contribution in [2.24, 2.45) is 5.41 Å². The molecule has 0 unspecified atom stereocenters. The predicted octanol–water partition coefficient (Wildman–Crippen LogP) is 1.91. The Balaban J connectivity index is 2.36. The Bertz CT molecular complexity index is 635. The lowest BCUT2D eigenvalue weighted by Crippen LogP contribution is -2.57. The van der Waals surface area contributed by atoms with E-state index in [1.165, 1.54) is 24.1 Å². The number of hydrogen-bond acceptors (Lipinski definition) is 4. The third kappa shape index (κ3) is 3.08. The zero-order valence-corrected chi connectivity index (χ0v) is 13.8. The molecule has 24 heavy (non-hydrogen) atoms. The number of piperidine rings is 1. The summed E-state index contributed by atoms with van der Waals surface area (Å²) in [5.41, 5.74) is -1.64. The Labute approximate surface area is 139 Å². The third-order valence-electron chi connectivity index (χ3n) is 4.60. The molecule has 0 aliphatic carbocycles. The Morgan fingerprint density at radius 1 is 1.46 bits per heavy atom. The van der Waals surface area contributed by atoms with Crippen molar-refractivity contribution >= 4 is 11.9 Å². The Kier molecular flexibility index (Phi) is 5.43. The van der Waals surface area contributed by atoms with Gasteiger partial charge in [-0.2, -0.15) is 0 Å². The average molecular weight is 339 g/mol. The molecule has 0 bridgehead atoms. The molecule has 1 fully saturated rings. The molecule has 0 radical (unpaired) electrons. The highest BCUT2D eigenvalue weighted by molar-refractivity contribution is 5.97.